The van der Waals surface area contributed by atoms with Gasteiger partial charge >= 0.3 is 0 Å². The van der Waals surface area contributed by atoms with Crippen molar-refractivity contribution in [3.8, 4) is 5.75 Å². The van der Waals surface area contributed by atoms with Gasteiger partial charge in [0.25, 0.3) is 0 Å². The molecule has 0 aliphatic heterocycles. The fourth-order valence-corrected chi connectivity index (χ4v) is 2.73. The lowest BCUT2D eigenvalue weighted by molar-refractivity contribution is 0.101. The second-order valence-corrected chi connectivity index (χ2v) is 5.51. The first-order valence-corrected chi connectivity index (χ1v) is 6.79. The molecule has 1 heterocycles. The summed E-state index contributed by atoms with van der Waals surface area (Å²) < 4.78 is 6.70. The van der Waals surface area contributed by atoms with Crippen molar-refractivity contribution in [3.05, 3.63) is 50.6 Å². The van der Waals surface area contributed by atoms with Crippen LogP contribution in [0.2, 0.25) is 0 Å². The summed E-state index contributed by atoms with van der Waals surface area (Å²) in [7, 11) is 0. The number of hydrogen-bond donors (Lipinski definition) is 0. The van der Waals surface area contributed by atoms with E-state index in [2.05, 4.69) is 15.9 Å². The van der Waals surface area contributed by atoms with Crippen LogP contribution in [0.3, 0.4) is 0 Å². The number of benzene rings is 1. The Bertz CT molecular complexity index is 516. The molecule has 0 unspecified atom stereocenters. The zero-order valence-electron chi connectivity index (χ0n) is 9.27. The molecule has 0 amide bonds. The van der Waals surface area contributed by atoms with Crippen LogP contribution in [0.4, 0.5) is 0 Å². The first-order chi connectivity index (χ1) is 8.15. The summed E-state index contributed by atoms with van der Waals surface area (Å²) in [6, 6.07) is 9.23. The first-order valence-electron chi connectivity index (χ1n) is 5.12. The normalized spacial score (nSPS) is 10.2. The van der Waals surface area contributed by atoms with Gasteiger partial charge in [0.2, 0.25) is 0 Å². The number of rotatable bonds is 4. The molecular weight excluding hydrogens is 300 g/mol. The number of Topliss-reactive ketones (excluding diaryl/α,β-unsaturated/α-hetero) is 1. The zero-order valence-corrected chi connectivity index (χ0v) is 11.7. The zero-order chi connectivity index (χ0) is 12.3. The fourth-order valence-electron chi connectivity index (χ4n) is 1.37. The summed E-state index contributed by atoms with van der Waals surface area (Å²) in [6.45, 7) is 2.11. The maximum absolute atomic E-state index is 11.1. The molecule has 1 aromatic heterocycles. The van der Waals surface area contributed by atoms with E-state index in [0.717, 1.165) is 15.1 Å². The maximum Gasteiger partial charge on any atom is 0.159 e. The highest BCUT2D eigenvalue weighted by Crippen LogP contribution is 2.21. The third-order valence-corrected chi connectivity index (χ3v) is 3.93. The molecule has 0 spiro atoms. The molecule has 2 aromatic rings. The van der Waals surface area contributed by atoms with Gasteiger partial charge in [-0.2, -0.15) is 0 Å². The SMILES string of the molecule is CC(=O)c1ccc(OCc2cc(Br)cs2)cc1. The van der Waals surface area contributed by atoms with Crippen LogP contribution in [-0.4, -0.2) is 5.78 Å². The van der Waals surface area contributed by atoms with Crippen molar-refractivity contribution in [2.45, 2.75) is 13.5 Å². The lowest BCUT2D eigenvalue weighted by Crippen LogP contribution is -1.95. The molecule has 88 valence electrons. The van der Waals surface area contributed by atoms with Crippen LogP contribution < -0.4 is 4.74 Å². The van der Waals surface area contributed by atoms with Crippen LogP contribution >= 0.6 is 27.3 Å². The van der Waals surface area contributed by atoms with Crippen molar-refractivity contribution >= 4 is 33.0 Å². The van der Waals surface area contributed by atoms with E-state index in [4.69, 9.17) is 4.74 Å². The van der Waals surface area contributed by atoms with E-state index in [1.807, 2.05) is 23.6 Å². The molecule has 4 heteroatoms. The molecule has 0 saturated heterocycles. The number of ether oxygens (including phenoxy) is 1. The minimum Gasteiger partial charge on any atom is -0.488 e. The molecule has 0 bridgehead atoms. The summed E-state index contributed by atoms with van der Waals surface area (Å²) >= 11 is 5.05. The van der Waals surface area contributed by atoms with Crippen LogP contribution in [0.5, 0.6) is 5.75 Å². The molecule has 17 heavy (non-hydrogen) atoms. The Labute approximate surface area is 112 Å². The topological polar surface area (TPSA) is 26.3 Å². The number of ketones is 1. The van der Waals surface area contributed by atoms with Crippen LogP contribution in [0.1, 0.15) is 22.2 Å². The number of carbonyl (C=O) groups excluding carboxylic acids is 1. The minimum atomic E-state index is 0.0683. The van der Waals surface area contributed by atoms with Gasteiger partial charge in [-0.25, -0.2) is 0 Å². The van der Waals surface area contributed by atoms with E-state index in [-0.39, 0.29) is 5.78 Å². The standard InChI is InChI=1S/C13H11BrO2S/c1-9(15)10-2-4-12(5-3-10)16-7-13-6-11(14)8-17-13/h2-6,8H,7H2,1H3. The van der Waals surface area contributed by atoms with Crippen molar-refractivity contribution in [1.29, 1.82) is 0 Å². The molecule has 0 aliphatic rings. The van der Waals surface area contributed by atoms with Gasteiger partial charge in [-0.15, -0.1) is 11.3 Å². The molecule has 0 fully saturated rings. The van der Waals surface area contributed by atoms with Crippen molar-refractivity contribution in [2.24, 2.45) is 0 Å². The highest BCUT2D eigenvalue weighted by Gasteiger charge is 2.01. The Morgan fingerprint density at radius 2 is 2.06 bits per heavy atom. The van der Waals surface area contributed by atoms with Crippen molar-refractivity contribution in [2.75, 3.05) is 0 Å². The molecule has 0 N–H and O–H groups in total. The van der Waals surface area contributed by atoms with Crippen LogP contribution in [0.25, 0.3) is 0 Å². The van der Waals surface area contributed by atoms with E-state index >= 15 is 0 Å². The van der Waals surface area contributed by atoms with Crippen molar-refractivity contribution < 1.29 is 9.53 Å². The number of halogens is 1. The highest BCUT2D eigenvalue weighted by molar-refractivity contribution is 9.10. The minimum absolute atomic E-state index is 0.0683. The molecule has 1 aromatic carbocycles. The maximum atomic E-state index is 11.1. The predicted molar refractivity (Wildman–Crippen MR) is 72.8 cm³/mol. The Kier molecular flexibility index (Phi) is 3.97. The van der Waals surface area contributed by atoms with Gasteiger partial charge in [-0.3, -0.25) is 4.79 Å². The van der Waals surface area contributed by atoms with Crippen molar-refractivity contribution in [1.82, 2.24) is 0 Å². The number of hydrogen-bond acceptors (Lipinski definition) is 3. The molecule has 2 nitrogen and oxygen atoms in total. The van der Waals surface area contributed by atoms with Crippen LogP contribution in [0, 0.1) is 0 Å². The Balaban J connectivity index is 1.97. The predicted octanol–water partition coefficient (Wildman–Crippen LogP) is 4.29. The smallest absolute Gasteiger partial charge is 0.159 e. The average molecular weight is 311 g/mol. The second-order valence-electron chi connectivity index (χ2n) is 3.60. The summed E-state index contributed by atoms with van der Waals surface area (Å²) in [5.41, 5.74) is 0.705. The van der Waals surface area contributed by atoms with Gasteiger partial charge in [-0.1, -0.05) is 0 Å². The lowest BCUT2D eigenvalue weighted by atomic mass is 10.1. The third kappa shape index (κ3) is 3.41. The molecule has 0 aliphatic carbocycles. The first kappa shape index (κ1) is 12.3. The van der Waals surface area contributed by atoms with Crippen LogP contribution in [-0.2, 0) is 6.61 Å². The number of carbonyl (C=O) groups is 1. The van der Waals surface area contributed by atoms with E-state index in [9.17, 15) is 4.79 Å². The van der Waals surface area contributed by atoms with E-state index in [0.29, 0.717) is 12.2 Å². The summed E-state index contributed by atoms with van der Waals surface area (Å²) in [6.07, 6.45) is 0. The van der Waals surface area contributed by atoms with Crippen LogP contribution in [0.15, 0.2) is 40.2 Å². The van der Waals surface area contributed by atoms with Crippen molar-refractivity contribution in [3.63, 3.8) is 0 Å². The third-order valence-electron chi connectivity index (χ3n) is 2.26. The average Bonchev–Trinajstić information content (AvgIpc) is 2.73. The quantitative estimate of drug-likeness (QED) is 0.787. The van der Waals surface area contributed by atoms with E-state index < -0.39 is 0 Å². The summed E-state index contributed by atoms with van der Waals surface area (Å²) in [5, 5.41) is 2.03. The molecular formula is C13H11BrO2S. The largest absolute Gasteiger partial charge is 0.488 e. The Morgan fingerprint density at radius 3 is 2.59 bits per heavy atom. The monoisotopic (exact) mass is 310 g/mol. The summed E-state index contributed by atoms with van der Waals surface area (Å²) in [5.74, 6) is 0.846. The molecule has 0 atom stereocenters. The highest BCUT2D eigenvalue weighted by atomic mass is 79.9. The molecule has 0 radical (unpaired) electrons. The van der Waals surface area contributed by atoms with Gasteiger partial charge in [0.1, 0.15) is 12.4 Å². The number of thiophene rings is 1. The Hall–Kier alpha value is -1.13. The molecule has 0 saturated carbocycles. The summed E-state index contributed by atoms with van der Waals surface area (Å²) in [4.78, 5) is 12.3. The van der Waals surface area contributed by atoms with Gasteiger partial charge in [0.05, 0.1) is 0 Å². The van der Waals surface area contributed by atoms with Gasteiger partial charge < -0.3 is 4.74 Å². The van der Waals surface area contributed by atoms with Gasteiger partial charge in [0.15, 0.2) is 5.78 Å². The fraction of sp³-hybridized carbons (Fsp3) is 0.154. The van der Waals surface area contributed by atoms with E-state index in [1.54, 1.807) is 30.4 Å². The molecule has 2 rings (SSSR count). The van der Waals surface area contributed by atoms with Gasteiger partial charge in [-0.05, 0) is 53.2 Å². The lowest BCUT2D eigenvalue weighted by Gasteiger charge is -2.04. The van der Waals surface area contributed by atoms with Gasteiger partial charge in [0, 0.05) is 20.3 Å². The van der Waals surface area contributed by atoms with E-state index in [1.165, 1.54) is 0 Å². The Morgan fingerprint density at radius 1 is 1.35 bits per heavy atom. The second kappa shape index (κ2) is 5.47.